The van der Waals surface area contributed by atoms with Crippen molar-refractivity contribution in [1.82, 2.24) is 0 Å². The summed E-state index contributed by atoms with van der Waals surface area (Å²) in [5.41, 5.74) is -1.21. The third-order valence-electron chi connectivity index (χ3n) is 2.02. The van der Waals surface area contributed by atoms with Crippen LogP contribution in [0.3, 0.4) is 0 Å². The molecule has 0 heterocycles. The number of rotatable bonds is 5. The summed E-state index contributed by atoms with van der Waals surface area (Å²) in [6, 6.07) is 1.91. The van der Waals surface area contributed by atoms with E-state index >= 15 is 0 Å². The maximum Gasteiger partial charge on any atom is 0.326 e. The van der Waals surface area contributed by atoms with Crippen molar-refractivity contribution in [2.45, 2.75) is 46.6 Å². The molecule has 0 N–H and O–H groups in total. The van der Waals surface area contributed by atoms with Crippen molar-refractivity contribution in [2.24, 2.45) is 5.41 Å². The van der Waals surface area contributed by atoms with Gasteiger partial charge in [0.1, 0.15) is 5.78 Å². The van der Waals surface area contributed by atoms with E-state index in [1.165, 1.54) is 13.8 Å². The zero-order chi connectivity index (χ0) is 12.1. The number of ether oxygens (including phenoxy) is 1. The quantitative estimate of drug-likeness (QED) is 0.651. The van der Waals surface area contributed by atoms with E-state index in [4.69, 9.17) is 10.00 Å². The second-order valence-electron chi connectivity index (χ2n) is 4.10. The number of carbonyl (C=O) groups is 2. The number of esters is 1. The Hall–Kier alpha value is -1.37. The van der Waals surface area contributed by atoms with Gasteiger partial charge in [0, 0.05) is 6.42 Å². The topological polar surface area (TPSA) is 67.2 Å². The molecule has 0 aliphatic rings. The van der Waals surface area contributed by atoms with Crippen LogP contribution in [-0.4, -0.2) is 17.9 Å². The summed E-state index contributed by atoms with van der Waals surface area (Å²) in [6.07, 6.45) is 0.185. The number of nitrogens with zero attached hydrogens (tertiary/aromatic N) is 1. The Labute approximate surface area is 90.2 Å². The van der Waals surface area contributed by atoms with Crippen molar-refractivity contribution in [3.63, 3.8) is 0 Å². The van der Waals surface area contributed by atoms with Crippen molar-refractivity contribution in [2.75, 3.05) is 0 Å². The third-order valence-corrected chi connectivity index (χ3v) is 2.02. The van der Waals surface area contributed by atoms with Gasteiger partial charge in [-0.3, -0.25) is 4.79 Å². The van der Waals surface area contributed by atoms with E-state index in [9.17, 15) is 9.59 Å². The van der Waals surface area contributed by atoms with Crippen molar-refractivity contribution >= 4 is 11.8 Å². The number of carbonyl (C=O) groups excluding carboxylic acids is 2. The Kier molecular flexibility index (Phi) is 4.99. The van der Waals surface area contributed by atoms with E-state index in [1.54, 1.807) is 13.8 Å². The second-order valence-corrected chi connectivity index (χ2v) is 4.10. The second kappa shape index (κ2) is 5.50. The van der Waals surface area contributed by atoms with Crippen LogP contribution in [0.25, 0.3) is 0 Å². The van der Waals surface area contributed by atoms with Gasteiger partial charge in [-0.05, 0) is 34.1 Å². The van der Waals surface area contributed by atoms with Crippen LogP contribution in [0.5, 0.6) is 0 Å². The van der Waals surface area contributed by atoms with Gasteiger partial charge >= 0.3 is 5.97 Å². The normalized spacial score (nSPS) is 14.1. The fourth-order valence-electron chi connectivity index (χ4n) is 0.974. The van der Waals surface area contributed by atoms with Crippen LogP contribution >= 0.6 is 0 Å². The van der Waals surface area contributed by atoms with Gasteiger partial charge in [-0.15, -0.1) is 0 Å². The molecule has 0 unspecified atom stereocenters. The van der Waals surface area contributed by atoms with Gasteiger partial charge in [-0.2, -0.15) is 5.26 Å². The van der Waals surface area contributed by atoms with Gasteiger partial charge in [0.2, 0.25) is 0 Å². The summed E-state index contributed by atoms with van der Waals surface area (Å²) >= 11 is 0. The molecule has 84 valence electrons. The van der Waals surface area contributed by atoms with Crippen molar-refractivity contribution in [1.29, 1.82) is 5.26 Å². The Bertz CT molecular complexity index is 291. The Morgan fingerprint density at radius 3 is 2.33 bits per heavy atom. The van der Waals surface area contributed by atoms with Crippen molar-refractivity contribution < 1.29 is 14.3 Å². The van der Waals surface area contributed by atoms with E-state index in [1.807, 2.05) is 6.07 Å². The lowest BCUT2D eigenvalue weighted by Gasteiger charge is -2.20. The van der Waals surface area contributed by atoms with Gasteiger partial charge in [0.05, 0.1) is 12.2 Å². The number of ketones is 1. The minimum absolute atomic E-state index is 0.0335. The lowest BCUT2D eigenvalue weighted by atomic mass is 9.86. The molecule has 0 aromatic rings. The number of Topliss-reactive ketones (excluding diaryl/α,β-unsaturated/α-hetero) is 1. The fourth-order valence-corrected chi connectivity index (χ4v) is 0.974. The van der Waals surface area contributed by atoms with E-state index < -0.39 is 11.4 Å². The molecule has 0 saturated heterocycles. The van der Waals surface area contributed by atoms with E-state index in [0.717, 1.165) is 0 Å². The molecule has 0 amide bonds. The summed E-state index contributed by atoms with van der Waals surface area (Å²) in [6.45, 7) is 6.38. The zero-order valence-corrected chi connectivity index (χ0v) is 9.66. The summed E-state index contributed by atoms with van der Waals surface area (Å²) in [5, 5.41) is 8.92. The van der Waals surface area contributed by atoms with Crippen molar-refractivity contribution in [3.8, 4) is 6.07 Å². The highest BCUT2D eigenvalue weighted by molar-refractivity contribution is 5.81. The third kappa shape index (κ3) is 4.59. The first-order chi connectivity index (χ1) is 6.81. The maximum atomic E-state index is 11.6. The van der Waals surface area contributed by atoms with Crippen LogP contribution in [0, 0.1) is 16.7 Å². The number of hydrogen-bond acceptors (Lipinski definition) is 4. The van der Waals surface area contributed by atoms with Gasteiger partial charge in [-0.1, -0.05) is 0 Å². The van der Waals surface area contributed by atoms with Crippen LogP contribution in [0.1, 0.15) is 40.5 Å². The zero-order valence-electron chi connectivity index (χ0n) is 9.66. The molecule has 0 rings (SSSR count). The summed E-state index contributed by atoms with van der Waals surface area (Å²) in [7, 11) is 0. The van der Waals surface area contributed by atoms with E-state index in [2.05, 4.69) is 0 Å². The summed E-state index contributed by atoms with van der Waals surface area (Å²) in [4.78, 5) is 22.4. The molecule has 0 fully saturated rings. The molecule has 0 bridgehead atoms. The minimum Gasteiger partial charge on any atom is -0.462 e. The molecule has 0 saturated carbocycles. The van der Waals surface area contributed by atoms with Gasteiger partial charge in [-0.25, -0.2) is 0 Å². The summed E-state index contributed by atoms with van der Waals surface area (Å²) < 4.78 is 4.97. The average Bonchev–Trinajstić information content (AvgIpc) is 2.13. The van der Waals surface area contributed by atoms with Crippen LogP contribution < -0.4 is 0 Å². The predicted molar refractivity (Wildman–Crippen MR) is 54.9 cm³/mol. The first-order valence-electron chi connectivity index (χ1n) is 4.93. The molecule has 0 spiro atoms. The fraction of sp³-hybridized carbons (Fsp3) is 0.727. The molecular weight excluding hydrogens is 194 g/mol. The highest BCUT2D eigenvalue weighted by Crippen LogP contribution is 2.24. The minimum atomic E-state index is -1.21. The summed E-state index contributed by atoms with van der Waals surface area (Å²) in [5.74, 6) is -0.588. The molecule has 1 atom stereocenters. The highest BCUT2D eigenvalue weighted by Gasteiger charge is 2.35. The molecule has 0 aliphatic carbocycles. The van der Waals surface area contributed by atoms with Crippen molar-refractivity contribution in [3.05, 3.63) is 0 Å². The molecule has 15 heavy (non-hydrogen) atoms. The van der Waals surface area contributed by atoms with Crippen LogP contribution in [0.4, 0.5) is 0 Å². The SMILES string of the molecule is CC(=O)CC[C@@](C)(C#N)C(=O)OC(C)C. The Morgan fingerprint density at radius 2 is 2.00 bits per heavy atom. The number of hydrogen-bond donors (Lipinski definition) is 0. The van der Waals surface area contributed by atoms with Crippen LogP contribution in [0.15, 0.2) is 0 Å². The van der Waals surface area contributed by atoms with Crippen LogP contribution in [-0.2, 0) is 14.3 Å². The highest BCUT2D eigenvalue weighted by atomic mass is 16.5. The molecule has 0 aromatic heterocycles. The van der Waals surface area contributed by atoms with E-state index in [0.29, 0.717) is 0 Å². The molecular formula is C11H17NO3. The lowest BCUT2D eigenvalue weighted by molar-refractivity contribution is -0.156. The van der Waals surface area contributed by atoms with Gasteiger partial charge in [0.25, 0.3) is 0 Å². The first-order valence-corrected chi connectivity index (χ1v) is 4.93. The Morgan fingerprint density at radius 1 is 1.47 bits per heavy atom. The standard InChI is InChI=1S/C11H17NO3/c1-8(2)15-10(14)11(4,7-12)6-5-9(3)13/h8H,5-6H2,1-4H3/t11-/m0/s1. The Balaban J connectivity index is 4.49. The molecule has 0 aliphatic heterocycles. The molecule has 4 heteroatoms. The maximum absolute atomic E-state index is 11.6. The molecule has 0 radical (unpaired) electrons. The van der Waals surface area contributed by atoms with E-state index in [-0.39, 0.29) is 24.7 Å². The monoisotopic (exact) mass is 211 g/mol. The smallest absolute Gasteiger partial charge is 0.326 e. The first kappa shape index (κ1) is 13.6. The predicted octanol–water partition coefficient (Wildman–Crippen LogP) is 1.84. The lowest BCUT2D eigenvalue weighted by Crippen LogP contribution is -2.30. The van der Waals surface area contributed by atoms with Gasteiger partial charge < -0.3 is 9.53 Å². The largest absolute Gasteiger partial charge is 0.462 e. The molecule has 4 nitrogen and oxygen atoms in total. The van der Waals surface area contributed by atoms with Gasteiger partial charge in [0.15, 0.2) is 5.41 Å². The van der Waals surface area contributed by atoms with Crippen LogP contribution in [0.2, 0.25) is 0 Å². The number of nitriles is 1. The molecule has 0 aromatic carbocycles. The average molecular weight is 211 g/mol.